The number of nitrogens with one attached hydrogen (secondary N) is 1. The molecular formula is C16H25ClN2O3. The molecule has 1 heterocycles. The summed E-state index contributed by atoms with van der Waals surface area (Å²) < 4.78 is 10.6. The van der Waals surface area contributed by atoms with Crippen LogP contribution in [0.3, 0.4) is 0 Å². The number of piperazine rings is 1. The van der Waals surface area contributed by atoms with Crippen LogP contribution in [-0.2, 0) is 4.74 Å². The number of ether oxygens (including phenoxy) is 2. The first-order chi connectivity index (χ1) is 10.2. The van der Waals surface area contributed by atoms with Crippen molar-refractivity contribution in [3.05, 3.63) is 29.8 Å². The maximum Gasteiger partial charge on any atom is 0.254 e. The highest BCUT2D eigenvalue weighted by molar-refractivity contribution is 5.94. The van der Waals surface area contributed by atoms with Gasteiger partial charge in [0.2, 0.25) is 0 Å². The summed E-state index contributed by atoms with van der Waals surface area (Å²) in [6, 6.07) is 7.64. The lowest BCUT2D eigenvalue weighted by molar-refractivity contribution is 0.0655. The zero-order valence-electron chi connectivity index (χ0n) is 13.2. The molecule has 1 atom stereocenters. The first kappa shape index (κ1) is 18.7. The summed E-state index contributed by atoms with van der Waals surface area (Å²) in [5.41, 5.74) is 0.688. The molecule has 0 aromatic heterocycles. The molecule has 1 unspecified atom stereocenters. The molecule has 1 aliphatic heterocycles. The zero-order valence-corrected chi connectivity index (χ0v) is 14.0. The van der Waals surface area contributed by atoms with Gasteiger partial charge in [0.05, 0.1) is 6.61 Å². The monoisotopic (exact) mass is 328 g/mol. The van der Waals surface area contributed by atoms with Gasteiger partial charge in [-0.1, -0.05) is 6.07 Å². The largest absolute Gasteiger partial charge is 0.493 e. The van der Waals surface area contributed by atoms with Gasteiger partial charge in [0, 0.05) is 51.4 Å². The van der Waals surface area contributed by atoms with Crippen molar-refractivity contribution in [2.75, 3.05) is 40.0 Å². The average molecular weight is 329 g/mol. The van der Waals surface area contributed by atoms with E-state index in [0.29, 0.717) is 18.8 Å². The third-order valence-corrected chi connectivity index (χ3v) is 3.60. The Kier molecular flexibility index (Phi) is 8.24. The van der Waals surface area contributed by atoms with Gasteiger partial charge >= 0.3 is 0 Å². The molecule has 124 valence electrons. The Hall–Kier alpha value is -1.30. The van der Waals surface area contributed by atoms with Crippen LogP contribution in [-0.4, -0.2) is 56.8 Å². The van der Waals surface area contributed by atoms with Crippen LogP contribution in [0.25, 0.3) is 0 Å². The summed E-state index contributed by atoms with van der Waals surface area (Å²) in [6.07, 6.45) is 0.837. The van der Waals surface area contributed by atoms with E-state index < -0.39 is 0 Å². The molecule has 6 heteroatoms. The highest BCUT2D eigenvalue weighted by Gasteiger charge is 2.24. The lowest BCUT2D eigenvalue weighted by atomic mass is 10.1. The Labute approximate surface area is 138 Å². The highest BCUT2D eigenvalue weighted by atomic mass is 35.5. The van der Waals surface area contributed by atoms with Crippen molar-refractivity contribution in [3.8, 4) is 5.75 Å². The summed E-state index contributed by atoms with van der Waals surface area (Å²) in [4.78, 5) is 14.5. The van der Waals surface area contributed by atoms with Gasteiger partial charge in [-0.05, 0) is 25.1 Å². The summed E-state index contributed by atoms with van der Waals surface area (Å²) in [5, 5.41) is 3.29. The predicted molar refractivity (Wildman–Crippen MR) is 89.0 cm³/mol. The van der Waals surface area contributed by atoms with Crippen LogP contribution in [0.1, 0.15) is 23.7 Å². The van der Waals surface area contributed by atoms with E-state index in [4.69, 9.17) is 9.47 Å². The Balaban J connectivity index is 0.00000242. The highest BCUT2D eigenvalue weighted by Crippen LogP contribution is 2.17. The molecule has 1 saturated heterocycles. The number of benzene rings is 1. The van der Waals surface area contributed by atoms with Crippen LogP contribution < -0.4 is 10.1 Å². The van der Waals surface area contributed by atoms with E-state index in [9.17, 15) is 4.79 Å². The van der Waals surface area contributed by atoms with Crippen molar-refractivity contribution >= 4 is 18.3 Å². The van der Waals surface area contributed by atoms with E-state index in [1.165, 1.54) is 0 Å². The molecule has 0 radical (unpaired) electrons. The third-order valence-electron chi connectivity index (χ3n) is 3.60. The molecule has 0 saturated carbocycles. The van der Waals surface area contributed by atoms with E-state index in [0.717, 1.165) is 31.8 Å². The number of nitrogens with zero attached hydrogens (tertiary/aromatic N) is 1. The van der Waals surface area contributed by atoms with Crippen LogP contribution >= 0.6 is 12.4 Å². The van der Waals surface area contributed by atoms with Gasteiger partial charge in [0.1, 0.15) is 5.75 Å². The zero-order chi connectivity index (χ0) is 15.1. The number of carbonyl (C=O) groups is 1. The van der Waals surface area contributed by atoms with E-state index >= 15 is 0 Å². The van der Waals surface area contributed by atoms with Crippen molar-refractivity contribution in [3.63, 3.8) is 0 Å². The first-order valence-electron chi connectivity index (χ1n) is 7.46. The van der Waals surface area contributed by atoms with Crippen molar-refractivity contribution in [1.29, 1.82) is 0 Å². The van der Waals surface area contributed by atoms with E-state index in [-0.39, 0.29) is 24.4 Å². The molecule has 1 aliphatic rings. The lowest BCUT2D eigenvalue weighted by Gasteiger charge is -2.34. The number of rotatable bonds is 6. The molecule has 5 nitrogen and oxygen atoms in total. The fourth-order valence-corrected chi connectivity index (χ4v) is 2.42. The van der Waals surface area contributed by atoms with Crippen molar-refractivity contribution < 1.29 is 14.3 Å². The summed E-state index contributed by atoms with van der Waals surface area (Å²) in [7, 11) is 1.67. The van der Waals surface area contributed by atoms with Gasteiger partial charge < -0.3 is 19.7 Å². The normalized spacial score (nSPS) is 17.7. The quantitative estimate of drug-likeness (QED) is 0.811. The van der Waals surface area contributed by atoms with Gasteiger partial charge in [-0.3, -0.25) is 4.79 Å². The molecular weight excluding hydrogens is 304 g/mol. The molecule has 0 aliphatic carbocycles. The minimum Gasteiger partial charge on any atom is -0.493 e. The Bertz CT molecular complexity index is 470. The summed E-state index contributed by atoms with van der Waals surface area (Å²) >= 11 is 0. The molecule has 2 rings (SSSR count). The van der Waals surface area contributed by atoms with Crippen LogP contribution in [0.4, 0.5) is 0 Å². The van der Waals surface area contributed by atoms with Gasteiger partial charge in [0.15, 0.2) is 0 Å². The molecule has 0 bridgehead atoms. The molecule has 0 spiro atoms. The molecule has 1 aromatic carbocycles. The fourth-order valence-electron chi connectivity index (χ4n) is 2.42. The molecule has 1 aromatic rings. The van der Waals surface area contributed by atoms with Crippen LogP contribution in [0.5, 0.6) is 5.75 Å². The van der Waals surface area contributed by atoms with Gasteiger partial charge in [-0.25, -0.2) is 0 Å². The maximum absolute atomic E-state index is 12.6. The van der Waals surface area contributed by atoms with Crippen molar-refractivity contribution in [1.82, 2.24) is 10.2 Å². The SMILES string of the molecule is COCCCOc1cccc(C(=O)N2CCNCC2C)c1.Cl. The minimum absolute atomic E-state index is 0. The van der Waals surface area contributed by atoms with E-state index in [1.54, 1.807) is 7.11 Å². The summed E-state index contributed by atoms with van der Waals surface area (Å²) in [6.45, 7) is 5.78. The van der Waals surface area contributed by atoms with E-state index in [2.05, 4.69) is 12.2 Å². The average Bonchev–Trinajstić information content (AvgIpc) is 2.52. The third kappa shape index (κ3) is 5.16. The van der Waals surface area contributed by atoms with Gasteiger partial charge in [-0.15, -0.1) is 12.4 Å². The number of halogens is 1. The smallest absolute Gasteiger partial charge is 0.254 e. The van der Waals surface area contributed by atoms with Crippen molar-refractivity contribution in [2.24, 2.45) is 0 Å². The molecule has 1 amide bonds. The first-order valence-corrected chi connectivity index (χ1v) is 7.46. The van der Waals surface area contributed by atoms with Gasteiger partial charge in [0.25, 0.3) is 5.91 Å². The summed E-state index contributed by atoms with van der Waals surface area (Å²) in [5.74, 6) is 0.811. The standard InChI is InChI=1S/C16H24N2O3.ClH/c1-13-12-17-7-8-18(13)16(19)14-5-3-6-15(11-14)21-10-4-9-20-2;/h3,5-6,11,13,17H,4,7-10,12H2,1-2H3;1H. The Morgan fingerprint density at radius 1 is 1.41 bits per heavy atom. The van der Waals surface area contributed by atoms with Gasteiger partial charge in [-0.2, -0.15) is 0 Å². The topological polar surface area (TPSA) is 50.8 Å². The molecule has 1 N–H and O–H groups in total. The second-order valence-corrected chi connectivity index (χ2v) is 5.27. The fraction of sp³-hybridized carbons (Fsp3) is 0.562. The number of hydrogen-bond donors (Lipinski definition) is 1. The number of methoxy groups -OCH3 is 1. The Morgan fingerprint density at radius 2 is 2.23 bits per heavy atom. The van der Waals surface area contributed by atoms with Crippen LogP contribution in [0.15, 0.2) is 24.3 Å². The second-order valence-electron chi connectivity index (χ2n) is 5.27. The number of hydrogen-bond acceptors (Lipinski definition) is 4. The van der Waals surface area contributed by atoms with Crippen LogP contribution in [0.2, 0.25) is 0 Å². The minimum atomic E-state index is 0. The second kappa shape index (κ2) is 9.66. The predicted octanol–water partition coefficient (Wildman–Crippen LogP) is 1.96. The number of carbonyl (C=O) groups excluding carboxylic acids is 1. The molecule has 1 fully saturated rings. The lowest BCUT2D eigenvalue weighted by Crippen LogP contribution is -2.52. The Morgan fingerprint density at radius 3 is 2.95 bits per heavy atom. The van der Waals surface area contributed by atoms with E-state index in [1.807, 2.05) is 29.2 Å². The number of amides is 1. The molecule has 22 heavy (non-hydrogen) atoms. The van der Waals surface area contributed by atoms with Crippen LogP contribution in [0, 0.1) is 0 Å². The maximum atomic E-state index is 12.6. The van der Waals surface area contributed by atoms with Crippen molar-refractivity contribution in [2.45, 2.75) is 19.4 Å².